The number of amides is 1. The SMILES string of the molecule is Cc1ccccc1-c1cc(C(=O)N2CCC(n3c(=O)[nH]c4ccccc43)CC2)c2cnn(C(C)C)c2n1. The van der Waals surface area contributed by atoms with E-state index in [1.807, 2.05) is 62.7 Å². The molecule has 0 aliphatic carbocycles. The molecule has 3 aromatic heterocycles. The first-order valence-electron chi connectivity index (χ1n) is 12.8. The highest BCUT2D eigenvalue weighted by molar-refractivity contribution is 6.06. The van der Waals surface area contributed by atoms with Gasteiger partial charge in [0.25, 0.3) is 5.91 Å². The van der Waals surface area contributed by atoms with Crippen molar-refractivity contribution in [3.8, 4) is 11.3 Å². The van der Waals surface area contributed by atoms with E-state index in [-0.39, 0.29) is 23.7 Å². The van der Waals surface area contributed by atoms with Crippen LogP contribution in [0.25, 0.3) is 33.3 Å². The summed E-state index contributed by atoms with van der Waals surface area (Å²) in [6.07, 6.45) is 3.20. The quantitative estimate of drug-likeness (QED) is 0.376. The third-order valence-corrected chi connectivity index (χ3v) is 7.45. The van der Waals surface area contributed by atoms with Crippen LogP contribution in [0.5, 0.6) is 0 Å². The summed E-state index contributed by atoms with van der Waals surface area (Å²) in [5, 5.41) is 5.34. The van der Waals surface area contributed by atoms with Gasteiger partial charge in [0.2, 0.25) is 0 Å². The fourth-order valence-corrected chi connectivity index (χ4v) is 5.51. The first-order valence-corrected chi connectivity index (χ1v) is 12.8. The Morgan fingerprint density at radius 2 is 1.78 bits per heavy atom. The molecular weight excluding hydrogens is 464 g/mol. The normalized spacial score (nSPS) is 14.8. The molecule has 0 saturated carbocycles. The van der Waals surface area contributed by atoms with Gasteiger partial charge in [-0.25, -0.2) is 14.5 Å². The molecule has 1 fully saturated rings. The van der Waals surface area contributed by atoms with Gasteiger partial charge in [-0.05, 0) is 57.4 Å². The van der Waals surface area contributed by atoms with Gasteiger partial charge in [0, 0.05) is 30.7 Å². The third-order valence-electron chi connectivity index (χ3n) is 7.45. The number of para-hydroxylation sites is 2. The number of aromatic amines is 1. The van der Waals surface area contributed by atoms with Crippen molar-refractivity contribution < 1.29 is 4.79 Å². The van der Waals surface area contributed by atoms with Crippen LogP contribution in [0, 0.1) is 6.92 Å². The molecule has 6 rings (SSSR count). The Kier molecular flexibility index (Phi) is 5.67. The number of pyridine rings is 1. The van der Waals surface area contributed by atoms with Crippen molar-refractivity contribution in [2.24, 2.45) is 0 Å². The summed E-state index contributed by atoms with van der Waals surface area (Å²) in [6, 6.07) is 17.9. The minimum absolute atomic E-state index is 0.0183. The minimum Gasteiger partial charge on any atom is -0.338 e. The maximum absolute atomic E-state index is 13.9. The largest absolute Gasteiger partial charge is 0.338 e. The fourth-order valence-electron chi connectivity index (χ4n) is 5.51. The molecular formula is C29H30N6O2. The minimum atomic E-state index is -0.0919. The van der Waals surface area contributed by atoms with Gasteiger partial charge in [0.05, 0.1) is 33.9 Å². The van der Waals surface area contributed by atoms with E-state index in [0.29, 0.717) is 18.7 Å². The first kappa shape index (κ1) is 23.2. The van der Waals surface area contributed by atoms with Gasteiger partial charge in [-0.3, -0.25) is 9.36 Å². The van der Waals surface area contributed by atoms with Crippen molar-refractivity contribution in [1.29, 1.82) is 0 Å². The van der Waals surface area contributed by atoms with E-state index < -0.39 is 0 Å². The van der Waals surface area contributed by atoms with Crippen molar-refractivity contribution in [1.82, 2.24) is 29.2 Å². The number of nitrogens with zero attached hydrogens (tertiary/aromatic N) is 5. The van der Waals surface area contributed by atoms with Gasteiger partial charge in [-0.2, -0.15) is 5.10 Å². The third kappa shape index (κ3) is 3.93. The smallest absolute Gasteiger partial charge is 0.326 e. The summed E-state index contributed by atoms with van der Waals surface area (Å²) >= 11 is 0. The maximum Gasteiger partial charge on any atom is 0.326 e. The number of hydrogen-bond donors (Lipinski definition) is 1. The Bertz CT molecular complexity index is 1680. The van der Waals surface area contributed by atoms with Crippen LogP contribution in [0.3, 0.4) is 0 Å². The number of nitrogens with one attached hydrogen (secondary N) is 1. The Morgan fingerprint density at radius 1 is 1.05 bits per heavy atom. The van der Waals surface area contributed by atoms with E-state index in [9.17, 15) is 9.59 Å². The zero-order chi connectivity index (χ0) is 25.7. The predicted molar refractivity (Wildman–Crippen MR) is 145 cm³/mol. The van der Waals surface area contributed by atoms with Gasteiger partial charge >= 0.3 is 5.69 Å². The van der Waals surface area contributed by atoms with Crippen LogP contribution in [-0.2, 0) is 0 Å². The average molecular weight is 495 g/mol. The fraction of sp³-hybridized carbons (Fsp3) is 0.310. The lowest BCUT2D eigenvalue weighted by Crippen LogP contribution is -2.40. The number of rotatable bonds is 4. The highest BCUT2D eigenvalue weighted by atomic mass is 16.2. The molecule has 37 heavy (non-hydrogen) atoms. The summed E-state index contributed by atoms with van der Waals surface area (Å²) in [5.74, 6) is -0.0183. The highest BCUT2D eigenvalue weighted by Gasteiger charge is 2.29. The number of imidazole rings is 1. The number of piperidine rings is 1. The number of likely N-dealkylation sites (tertiary alicyclic amines) is 1. The Morgan fingerprint density at radius 3 is 2.54 bits per heavy atom. The number of carbonyl (C=O) groups excluding carboxylic acids is 1. The second kappa shape index (κ2) is 9.03. The predicted octanol–water partition coefficient (Wildman–Crippen LogP) is 5.11. The monoisotopic (exact) mass is 494 g/mol. The van der Waals surface area contributed by atoms with E-state index in [1.54, 1.807) is 6.20 Å². The van der Waals surface area contributed by atoms with Gasteiger partial charge in [-0.1, -0.05) is 36.4 Å². The number of aromatic nitrogens is 5. The van der Waals surface area contributed by atoms with Crippen LogP contribution < -0.4 is 5.69 Å². The van der Waals surface area contributed by atoms with E-state index in [0.717, 1.165) is 51.7 Å². The number of H-pyrrole nitrogens is 1. The van der Waals surface area contributed by atoms with Crippen molar-refractivity contribution in [3.05, 3.63) is 82.4 Å². The number of benzene rings is 2. The van der Waals surface area contributed by atoms with Gasteiger partial charge in [0.1, 0.15) is 0 Å². The lowest BCUT2D eigenvalue weighted by atomic mass is 10.0. The van der Waals surface area contributed by atoms with E-state index >= 15 is 0 Å². The van der Waals surface area contributed by atoms with Crippen molar-refractivity contribution in [3.63, 3.8) is 0 Å². The number of aryl methyl sites for hydroxylation is 1. The molecule has 1 aliphatic heterocycles. The van der Waals surface area contributed by atoms with Crippen molar-refractivity contribution in [2.45, 2.75) is 45.7 Å². The molecule has 1 saturated heterocycles. The van der Waals surface area contributed by atoms with Crippen LogP contribution >= 0.6 is 0 Å². The number of carbonyl (C=O) groups is 1. The molecule has 1 N–H and O–H groups in total. The second-order valence-corrected chi connectivity index (χ2v) is 10.1. The van der Waals surface area contributed by atoms with E-state index in [1.165, 1.54) is 0 Å². The van der Waals surface area contributed by atoms with E-state index in [4.69, 9.17) is 4.98 Å². The molecule has 8 heteroatoms. The summed E-state index contributed by atoms with van der Waals surface area (Å²) in [7, 11) is 0. The summed E-state index contributed by atoms with van der Waals surface area (Å²) in [5.41, 5.74) is 5.90. The number of fused-ring (bicyclic) bond motifs is 2. The average Bonchev–Trinajstić information content (AvgIpc) is 3.48. The van der Waals surface area contributed by atoms with Crippen LogP contribution in [0.4, 0.5) is 0 Å². The first-order chi connectivity index (χ1) is 17.9. The molecule has 5 aromatic rings. The van der Waals surface area contributed by atoms with E-state index in [2.05, 4.69) is 36.9 Å². The summed E-state index contributed by atoms with van der Waals surface area (Å²) in [4.78, 5) is 36.4. The molecule has 8 nitrogen and oxygen atoms in total. The summed E-state index contributed by atoms with van der Waals surface area (Å²) in [6.45, 7) is 7.34. The second-order valence-electron chi connectivity index (χ2n) is 10.1. The highest BCUT2D eigenvalue weighted by Crippen LogP contribution is 2.31. The molecule has 1 aliphatic rings. The van der Waals surface area contributed by atoms with Crippen molar-refractivity contribution in [2.75, 3.05) is 13.1 Å². The van der Waals surface area contributed by atoms with Gasteiger partial charge in [0.15, 0.2) is 5.65 Å². The van der Waals surface area contributed by atoms with Crippen LogP contribution in [0.15, 0.2) is 65.6 Å². The molecule has 4 heterocycles. The standard InChI is InChI=1S/C29H30N6O2/c1-18(2)35-27-23(17-30-35)22(16-25(31-27)21-9-5-4-8-19(21)3)28(36)33-14-12-20(13-15-33)34-26-11-7-6-10-24(26)32-29(34)37/h4-11,16-18,20H,12-15H2,1-3H3,(H,32,37). The topological polar surface area (TPSA) is 88.8 Å². The molecule has 188 valence electrons. The van der Waals surface area contributed by atoms with Gasteiger partial charge < -0.3 is 9.88 Å². The zero-order valence-corrected chi connectivity index (χ0v) is 21.3. The lowest BCUT2D eigenvalue weighted by Gasteiger charge is -2.32. The molecule has 1 amide bonds. The Balaban J connectivity index is 1.34. The van der Waals surface area contributed by atoms with Crippen molar-refractivity contribution >= 4 is 28.0 Å². The number of hydrogen-bond acceptors (Lipinski definition) is 4. The maximum atomic E-state index is 13.9. The van der Waals surface area contributed by atoms with Crippen LogP contribution in [0.2, 0.25) is 0 Å². The molecule has 2 aromatic carbocycles. The van der Waals surface area contributed by atoms with Crippen LogP contribution in [-0.4, -0.2) is 48.2 Å². The lowest BCUT2D eigenvalue weighted by molar-refractivity contribution is 0.0697. The Hall–Kier alpha value is -4.20. The van der Waals surface area contributed by atoms with Gasteiger partial charge in [-0.15, -0.1) is 0 Å². The Labute approximate surface area is 214 Å². The van der Waals surface area contributed by atoms with Crippen LogP contribution in [0.1, 0.15) is 54.7 Å². The molecule has 0 bridgehead atoms. The molecule has 0 unspecified atom stereocenters. The zero-order valence-electron chi connectivity index (χ0n) is 21.3. The molecule has 0 radical (unpaired) electrons. The molecule has 0 atom stereocenters. The summed E-state index contributed by atoms with van der Waals surface area (Å²) < 4.78 is 3.73. The molecule has 0 spiro atoms.